The Morgan fingerprint density at radius 1 is 0.551 bits per heavy atom. The molecule has 11 atom stereocenters. The van der Waals surface area contributed by atoms with Gasteiger partial charge in [-0.3, -0.25) is 52.7 Å². The minimum atomic E-state index is -1.92. The van der Waals surface area contributed by atoms with Crippen molar-refractivity contribution >= 4 is 71.0 Å². The van der Waals surface area contributed by atoms with Gasteiger partial charge in [0.15, 0.2) is 0 Å². The lowest BCUT2D eigenvalue weighted by atomic mass is 9.99. The third-order valence-electron chi connectivity index (χ3n) is 10.0. The maximum atomic E-state index is 13.8. The Balaban J connectivity index is 3.30. The number of nitrogens with two attached hydrogens (primary N) is 3. The third-order valence-corrected chi connectivity index (χ3v) is 10.0. The number of imidazole rings is 1. The van der Waals surface area contributed by atoms with Gasteiger partial charge in [0.25, 0.3) is 0 Å². The molecule has 0 aromatic carbocycles. The largest absolute Gasteiger partial charge is 0.481 e. The number of rotatable bonds is 30. The number of carbonyl (C=O) groups excluding carboxylic acids is 10. The first-order valence-corrected chi connectivity index (χ1v) is 21.5. The van der Waals surface area contributed by atoms with Crippen LogP contribution in [-0.2, 0) is 64.0 Å². The predicted molar refractivity (Wildman–Crippen MR) is 237 cm³/mol. The SMILES string of the molecule is CC(C)[C@H](NC(=O)[C@@H](NC(=O)[C@@H](NC(=O)[C@@H](N)CC(N)=O)C(C)C)[C@@H](C)O)C(=O)N[C@H](C(=O)N[C@@H](Cc1cnc[nH]1)C(=O)N[C@@H](C)C(=O)N[C@@H](CCC(N)=O)C(=O)N[C@@H](CC(=O)O)C(=O)O)[C@@H](C)O. The first-order chi connectivity index (χ1) is 32.0. The monoisotopic (exact) mass is 983 g/mol. The van der Waals surface area contributed by atoms with Gasteiger partial charge >= 0.3 is 11.9 Å². The van der Waals surface area contributed by atoms with Gasteiger partial charge in [-0.05, 0) is 39.0 Å². The van der Waals surface area contributed by atoms with Crippen molar-refractivity contribution in [1.82, 2.24) is 52.5 Å². The number of aromatic nitrogens is 2. The van der Waals surface area contributed by atoms with Gasteiger partial charge in [-0.1, -0.05) is 27.7 Å². The van der Waals surface area contributed by atoms with Gasteiger partial charge in [-0.25, -0.2) is 9.78 Å². The molecule has 1 heterocycles. The second kappa shape index (κ2) is 28.2. The summed E-state index contributed by atoms with van der Waals surface area (Å²) in [6, 6.07) is -14.4. The fraction of sp³-hybridized carbons (Fsp3) is 0.625. The summed E-state index contributed by atoms with van der Waals surface area (Å²) in [6.07, 6.45) is -3.53. The summed E-state index contributed by atoms with van der Waals surface area (Å²) in [5, 5.41) is 58.0. The molecule has 0 aliphatic rings. The van der Waals surface area contributed by atoms with Crippen LogP contribution in [0.25, 0.3) is 0 Å². The van der Waals surface area contributed by atoms with Crippen LogP contribution in [-0.4, -0.2) is 168 Å². The van der Waals surface area contributed by atoms with E-state index in [0.29, 0.717) is 0 Å². The summed E-state index contributed by atoms with van der Waals surface area (Å²) >= 11 is 0. The van der Waals surface area contributed by atoms with Gasteiger partial charge in [0.1, 0.15) is 48.3 Å². The Morgan fingerprint density at radius 2 is 0.986 bits per heavy atom. The van der Waals surface area contributed by atoms with E-state index in [0.717, 1.165) is 20.8 Å². The van der Waals surface area contributed by atoms with E-state index in [1.807, 2.05) is 5.32 Å². The average molecular weight is 984 g/mol. The van der Waals surface area contributed by atoms with Gasteiger partial charge in [0.2, 0.25) is 59.1 Å². The molecule has 0 bridgehead atoms. The molecule has 10 amide bonds. The van der Waals surface area contributed by atoms with Crippen LogP contribution >= 0.6 is 0 Å². The zero-order valence-electron chi connectivity index (χ0n) is 39.1. The highest BCUT2D eigenvalue weighted by atomic mass is 16.4. The molecular formula is C40H65N13O16. The molecule has 1 rings (SSSR count). The summed E-state index contributed by atoms with van der Waals surface area (Å²) in [6.45, 7) is 9.54. The number of hydrogen-bond acceptors (Lipinski definition) is 16. The number of aliphatic carboxylic acids is 2. The number of nitrogens with zero attached hydrogens (tertiary/aromatic N) is 1. The number of carbonyl (C=O) groups is 12. The van der Waals surface area contributed by atoms with Gasteiger partial charge < -0.3 is 85.1 Å². The normalized spacial score (nSPS) is 15.9. The fourth-order valence-electron chi connectivity index (χ4n) is 6.14. The number of primary amides is 2. The number of aromatic amines is 1. The minimum absolute atomic E-state index is 0.277. The highest BCUT2D eigenvalue weighted by Gasteiger charge is 2.38. The predicted octanol–water partition coefficient (Wildman–Crippen LogP) is -7.05. The van der Waals surface area contributed by atoms with E-state index in [2.05, 4.69) is 47.2 Å². The molecule has 0 spiro atoms. The molecule has 0 saturated heterocycles. The summed E-state index contributed by atoms with van der Waals surface area (Å²) in [7, 11) is 0. The second-order valence-electron chi connectivity index (χ2n) is 16.8. The van der Waals surface area contributed by atoms with E-state index in [4.69, 9.17) is 22.3 Å². The van der Waals surface area contributed by atoms with E-state index >= 15 is 0 Å². The first kappa shape index (κ1) is 59.7. The molecule has 0 saturated carbocycles. The number of carboxylic acids is 2. The Kier molecular flexibility index (Phi) is 24.4. The van der Waals surface area contributed by atoms with E-state index < -0.39 is 175 Å². The number of aliphatic hydroxyl groups excluding tert-OH is 2. The molecule has 29 heteroatoms. The van der Waals surface area contributed by atoms with Crippen molar-refractivity contribution in [2.75, 3.05) is 0 Å². The molecule has 0 fully saturated rings. The van der Waals surface area contributed by atoms with Crippen molar-refractivity contribution in [1.29, 1.82) is 0 Å². The number of aliphatic hydroxyl groups is 2. The standard InChI is InChI=1S/C40H65N13O16/c1-15(2)28(50-33(61)21(41)11-26(43)57)36(64)53-31(19(7)55)39(67)51-29(16(3)4)37(65)52-30(18(6)54)38(66)48-23(10-20-13-44-14-45-20)35(63)46-17(5)32(60)47-22(8-9-25(42)56)34(62)49-24(40(68)69)12-27(58)59/h13-19,21-24,28-31,54-55H,8-12,41H2,1-7H3,(H2,42,56)(H2,43,57)(H,44,45)(H,46,63)(H,47,60)(H,48,66)(H,49,62)(H,50,61)(H,51,67)(H,52,65)(H,53,64)(H,58,59)(H,68,69)/t17-,18+,19+,21-,22-,23-,24-,28-,29-,30-,31-/m0/s1. The van der Waals surface area contributed by atoms with Crippen molar-refractivity contribution in [3.63, 3.8) is 0 Å². The number of nitrogens with one attached hydrogen (secondary N) is 9. The van der Waals surface area contributed by atoms with Gasteiger partial charge in [0.05, 0.1) is 37.4 Å². The molecule has 386 valence electrons. The van der Waals surface area contributed by atoms with Gasteiger partial charge in [-0.2, -0.15) is 0 Å². The van der Waals surface area contributed by atoms with E-state index in [-0.39, 0.29) is 12.1 Å². The van der Waals surface area contributed by atoms with Crippen LogP contribution in [0.1, 0.15) is 79.8 Å². The molecule has 0 aliphatic carbocycles. The van der Waals surface area contributed by atoms with Crippen molar-refractivity contribution in [2.45, 2.75) is 147 Å². The lowest BCUT2D eigenvalue weighted by Gasteiger charge is -2.30. The summed E-state index contributed by atoms with van der Waals surface area (Å²) in [5.41, 5.74) is 16.3. The van der Waals surface area contributed by atoms with Crippen molar-refractivity contribution in [3.05, 3.63) is 18.2 Å². The zero-order chi connectivity index (χ0) is 53.0. The summed E-state index contributed by atoms with van der Waals surface area (Å²) in [5.74, 6) is -14.8. The number of H-pyrrole nitrogens is 1. The van der Waals surface area contributed by atoms with Crippen LogP contribution in [0.3, 0.4) is 0 Å². The molecule has 0 unspecified atom stereocenters. The van der Waals surface area contributed by atoms with Crippen LogP contribution in [0.2, 0.25) is 0 Å². The topological polar surface area (TPSA) is 489 Å². The first-order valence-electron chi connectivity index (χ1n) is 21.5. The lowest BCUT2D eigenvalue weighted by Crippen LogP contribution is -2.64. The third kappa shape index (κ3) is 20.6. The maximum absolute atomic E-state index is 13.8. The van der Waals surface area contributed by atoms with E-state index in [1.54, 1.807) is 13.8 Å². The lowest BCUT2D eigenvalue weighted by molar-refractivity contribution is -0.147. The van der Waals surface area contributed by atoms with Crippen LogP contribution in [0.5, 0.6) is 0 Å². The van der Waals surface area contributed by atoms with Crippen molar-refractivity contribution in [3.8, 4) is 0 Å². The minimum Gasteiger partial charge on any atom is -0.481 e. The molecule has 1 aromatic rings. The Labute approximate surface area is 395 Å². The number of carboxylic acid groups (broad SMARTS) is 2. The molecule has 0 aliphatic heterocycles. The second-order valence-corrected chi connectivity index (χ2v) is 16.8. The van der Waals surface area contributed by atoms with Gasteiger partial charge in [0, 0.05) is 24.7 Å². The van der Waals surface area contributed by atoms with Gasteiger partial charge in [-0.15, -0.1) is 0 Å². The quantitative estimate of drug-likeness (QED) is 0.0341. The van der Waals surface area contributed by atoms with Crippen molar-refractivity contribution < 1.29 is 78.0 Å². The Bertz CT molecular complexity index is 2010. The Morgan fingerprint density at radius 3 is 1.41 bits per heavy atom. The molecular weight excluding hydrogens is 919 g/mol. The molecule has 69 heavy (non-hydrogen) atoms. The van der Waals surface area contributed by atoms with Crippen LogP contribution in [0, 0.1) is 11.8 Å². The maximum Gasteiger partial charge on any atom is 0.326 e. The van der Waals surface area contributed by atoms with Crippen LogP contribution in [0.4, 0.5) is 0 Å². The van der Waals surface area contributed by atoms with Crippen LogP contribution in [0.15, 0.2) is 12.5 Å². The zero-order valence-corrected chi connectivity index (χ0v) is 39.1. The highest BCUT2D eigenvalue weighted by molar-refractivity contribution is 5.99. The molecule has 19 N–H and O–H groups in total. The smallest absolute Gasteiger partial charge is 0.326 e. The van der Waals surface area contributed by atoms with E-state index in [1.165, 1.54) is 26.4 Å². The fourth-order valence-corrected chi connectivity index (χ4v) is 6.14. The highest BCUT2D eigenvalue weighted by Crippen LogP contribution is 2.10. The Hall–Kier alpha value is -7.27. The molecule has 29 nitrogen and oxygen atoms in total. The van der Waals surface area contributed by atoms with Crippen LogP contribution < -0.4 is 59.7 Å². The summed E-state index contributed by atoms with van der Waals surface area (Å²) in [4.78, 5) is 159. The van der Waals surface area contributed by atoms with Crippen molar-refractivity contribution in [2.24, 2.45) is 29.0 Å². The summed E-state index contributed by atoms with van der Waals surface area (Å²) < 4.78 is 0. The number of amides is 10. The average Bonchev–Trinajstić information content (AvgIpc) is 3.75. The number of hydrogen-bond donors (Lipinski definition) is 16. The van der Waals surface area contributed by atoms with E-state index in [9.17, 15) is 72.9 Å². The molecule has 1 aromatic heterocycles. The molecule has 0 radical (unpaired) electrons.